The van der Waals surface area contributed by atoms with Crippen molar-refractivity contribution in [2.24, 2.45) is 0 Å². The fraction of sp³-hybridized carbons (Fsp3) is 0.100. The quantitative estimate of drug-likeness (QED) is 0.662. The van der Waals surface area contributed by atoms with Gasteiger partial charge in [-0.1, -0.05) is 24.3 Å². The highest BCUT2D eigenvalue weighted by molar-refractivity contribution is 5.80. The van der Waals surface area contributed by atoms with E-state index in [1.807, 2.05) is 53.4 Å². The van der Waals surface area contributed by atoms with Crippen LogP contribution in [-0.2, 0) is 0 Å². The molecule has 0 saturated heterocycles. The second-order valence-electron chi connectivity index (χ2n) is 5.50. The number of nitrogens with zero attached hydrogens (tertiary/aromatic N) is 3. The molecule has 1 aromatic heterocycles. The molecule has 3 aromatic rings. The van der Waals surface area contributed by atoms with Gasteiger partial charge in [0.15, 0.2) is 11.3 Å². The van der Waals surface area contributed by atoms with E-state index >= 15 is 0 Å². The van der Waals surface area contributed by atoms with Gasteiger partial charge in [-0.3, -0.25) is 0 Å². The number of rotatable bonds is 3. The summed E-state index contributed by atoms with van der Waals surface area (Å²) in [5.41, 5.74) is 2.75. The van der Waals surface area contributed by atoms with E-state index < -0.39 is 0 Å². The van der Waals surface area contributed by atoms with E-state index in [2.05, 4.69) is 18.0 Å². The van der Waals surface area contributed by atoms with Crippen molar-refractivity contribution in [2.75, 3.05) is 11.4 Å². The van der Waals surface area contributed by atoms with Crippen LogP contribution in [0.15, 0.2) is 71.0 Å². The third-order valence-electron chi connectivity index (χ3n) is 3.99. The number of ether oxygens (including phenoxy) is 1. The number of fused-ring (bicyclic) bond motifs is 2. The van der Waals surface area contributed by atoms with Crippen molar-refractivity contribution >= 4 is 22.4 Å². The van der Waals surface area contributed by atoms with Gasteiger partial charge in [-0.15, -0.1) is 0 Å². The van der Waals surface area contributed by atoms with Gasteiger partial charge in [0.1, 0.15) is 17.2 Å². The molecule has 0 aliphatic carbocycles. The Kier molecular flexibility index (Phi) is 3.71. The number of benzene rings is 2. The summed E-state index contributed by atoms with van der Waals surface area (Å²) in [4.78, 5) is 6.42. The van der Waals surface area contributed by atoms with E-state index in [4.69, 9.17) is 9.15 Å². The molecule has 5 nitrogen and oxygen atoms in total. The lowest BCUT2D eigenvalue weighted by atomic mass is 10.2. The molecule has 0 unspecified atom stereocenters. The summed E-state index contributed by atoms with van der Waals surface area (Å²) in [6, 6.07) is 17.4. The molecule has 1 aliphatic rings. The minimum atomic E-state index is 0.305. The second-order valence-corrected chi connectivity index (χ2v) is 5.50. The minimum absolute atomic E-state index is 0.305. The molecule has 2 aromatic carbocycles. The third-order valence-corrected chi connectivity index (χ3v) is 3.99. The average molecular weight is 329 g/mol. The molecule has 0 atom stereocenters. The molecule has 4 rings (SSSR count). The van der Waals surface area contributed by atoms with E-state index in [1.54, 1.807) is 12.2 Å². The molecule has 1 aliphatic heterocycles. The fourth-order valence-corrected chi connectivity index (χ4v) is 2.80. The maximum absolute atomic E-state index is 9.47. The minimum Gasteiger partial charge on any atom is -0.439 e. The van der Waals surface area contributed by atoms with E-state index in [0.29, 0.717) is 22.9 Å². The Morgan fingerprint density at radius 3 is 2.80 bits per heavy atom. The monoisotopic (exact) mass is 329 g/mol. The predicted molar refractivity (Wildman–Crippen MR) is 95.8 cm³/mol. The molecule has 122 valence electrons. The van der Waals surface area contributed by atoms with Gasteiger partial charge in [0.2, 0.25) is 11.8 Å². The number of oxazole rings is 1. The van der Waals surface area contributed by atoms with Gasteiger partial charge in [0.25, 0.3) is 0 Å². The van der Waals surface area contributed by atoms with Crippen LogP contribution in [0.2, 0.25) is 0 Å². The summed E-state index contributed by atoms with van der Waals surface area (Å²) >= 11 is 0. The first-order valence-electron chi connectivity index (χ1n) is 8.02. The second kappa shape index (κ2) is 6.17. The van der Waals surface area contributed by atoms with Gasteiger partial charge in [-0.2, -0.15) is 5.26 Å². The van der Waals surface area contributed by atoms with Crippen molar-refractivity contribution in [2.45, 2.75) is 6.92 Å². The van der Waals surface area contributed by atoms with Crippen molar-refractivity contribution in [1.82, 2.24) is 4.98 Å². The summed E-state index contributed by atoms with van der Waals surface area (Å²) in [5, 5.41) is 9.47. The molecule has 2 heterocycles. The molecular weight excluding hydrogens is 314 g/mol. The smallest absolute Gasteiger partial charge is 0.238 e. The summed E-state index contributed by atoms with van der Waals surface area (Å²) < 4.78 is 11.5. The zero-order chi connectivity index (χ0) is 17.2. The van der Waals surface area contributed by atoms with Crippen molar-refractivity contribution in [3.63, 3.8) is 0 Å². The van der Waals surface area contributed by atoms with Crippen LogP contribution in [0, 0.1) is 11.3 Å². The highest BCUT2D eigenvalue weighted by Crippen LogP contribution is 2.38. The van der Waals surface area contributed by atoms with Gasteiger partial charge in [0, 0.05) is 12.6 Å². The Bertz CT molecular complexity index is 1010. The maximum atomic E-state index is 9.47. The van der Waals surface area contributed by atoms with Crippen LogP contribution in [0.4, 0.5) is 5.69 Å². The van der Waals surface area contributed by atoms with Crippen LogP contribution in [0.25, 0.3) is 16.7 Å². The first-order chi connectivity index (χ1) is 12.3. The summed E-state index contributed by atoms with van der Waals surface area (Å²) in [6.45, 7) is 2.82. The van der Waals surface area contributed by atoms with Crippen LogP contribution in [0.1, 0.15) is 12.8 Å². The van der Waals surface area contributed by atoms with Crippen LogP contribution in [0.3, 0.4) is 0 Å². The molecule has 5 heteroatoms. The Labute approximate surface area is 145 Å². The van der Waals surface area contributed by atoms with E-state index in [-0.39, 0.29) is 0 Å². The average Bonchev–Trinajstić information content (AvgIpc) is 3.23. The lowest BCUT2D eigenvalue weighted by molar-refractivity contribution is 0.440. The number of para-hydroxylation sites is 4. The number of aromatic nitrogens is 1. The molecule has 25 heavy (non-hydrogen) atoms. The van der Waals surface area contributed by atoms with Crippen molar-refractivity contribution < 1.29 is 9.15 Å². The van der Waals surface area contributed by atoms with Crippen molar-refractivity contribution in [3.05, 3.63) is 72.5 Å². The Balaban J connectivity index is 1.69. The van der Waals surface area contributed by atoms with E-state index in [9.17, 15) is 5.26 Å². The Hall–Kier alpha value is -3.52. The molecule has 0 spiro atoms. The van der Waals surface area contributed by atoms with Gasteiger partial charge < -0.3 is 14.1 Å². The predicted octanol–water partition coefficient (Wildman–Crippen LogP) is 4.50. The summed E-state index contributed by atoms with van der Waals surface area (Å²) in [5.74, 6) is 1.79. The van der Waals surface area contributed by atoms with E-state index in [1.165, 1.54) is 0 Å². The molecular formula is C20H15N3O2. The highest BCUT2D eigenvalue weighted by atomic mass is 16.5. The van der Waals surface area contributed by atoms with Crippen molar-refractivity contribution in [3.8, 4) is 11.8 Å². The van der Waals surface area contributed by atoms with Crippen LogP contribution in [-0.4, -0.2) is 11.5 Å². The lowest BCUT2D eigenvalue weighted by Crippen LogP contribution is -2.19. The first kappa shape index (κ1) is 15.0. The topological polar surface area (TPSA) is 62.3 Å². The van der Waals surface area contributed by atoms with Gasteiger partial charge in [-0.05, 0) is 37.3 Å². The zero-order valence-corrected chi connectivity index (χ0v) is 13.6. The number of allylic oxidation sites excluding steroid dienone is 3. The number of anilines is 1. The largest absolute Gasteiger partial charge is 0.439 e. The third kappa shape index (κ3) is 2.64. The summed E-state index contributed by atoms with van der Waals surface area (Å²) in [7, 11) is 0. The van der Waals surface area contributed by atoms with E-state index in [0.717, 1.165) is 23.5 Å². The van der Waals surface area contributed by atoms with Crippen molar-refractivity contribution in [1.29, 1.82) is 5.26 Å². The normalized spacial score (nSPS) is 15.3. The molecule has 0 N–H and O–H groups in total. The van der Waals surface area contributed by atoms with Gasteiger partial charge in [-0.25, -0.2) is 4.98 Å². The lowest BCUT2D eigenvalue weighted by Gasteiger charge is -2.14. The van der Waals surface area contributed by atoms with Crippen LogP contribution >= 0.6 is 0 Å². The van der Waals surface area contributed by atoms with Crippen LogP contribution < -0.4 is 9.64 Å². The molecule has 0 saturated carbocycles. The molecule has 0 bridgehead atoms. The number of hydrogen-bond acceptors (Lipinski definition) is 5. The number of nitriles is 1. The van der Waals surface area contributed by atoms with Gasteiger partial charge >= 0.3 is 0 Å². The molecule has 0 fully saturated rings. The summed E-state index contributed by atoms with van der Waals surface area (Å²) in [6.07, 6.45) is 3.45. The number of hydrogen-bond donors (Lipinski definition) is 0. The standard InChI is InChI=1S/C20H15N3O2/c1-2-23-16-8-4-6-10-18(16)24-19(23)12-11-14(13-21)20-22-15-7-3-5-9-17(15)25-20/h3-12H,2H2,1H3. The molecule has 0 radical (unpaired) electrons. The van der Waals surface area contributed by atoms with Gasteiger partial charge in [0.05, 0.1) is 5.69 Å². The fourth-order valence-electron chi connectivity index (χ4n) is 2.80. The molecule has 0 amide bonds. The Morgan fingerprint density at radius 1 is 1.20 bits per heavy atom. The van der Waals surface area contributed by atoms with Crippen LogP contribution in [0.5, 0.6) is 5.75 Å². The maximum Gasteiger partial charge on any atom is 0.238 e. The first-order valence-corrected chi connectivity index (χ1v) is 8.02. The highest BCUT2D eigenvalue weighted by Gasteiger charge is 2.23. The zero-order valence-electron chi connectivity index (χ0n) is 13.6. The SMILES string of the molecule is CCN1C(=CC=C(C#N)c2nc3ccccc3o2)Oc2ccccc21. The Morgan fingerprint density at radius 2 is 2.00 bits per heavy atom.